The Bertz CT molecular complexity index is 842. The molecule has 3 rings (SSSR count). The summed E-state index contributed by atoms with van der Waals surface area (Å²) in [7, 11) is 0. The van der Waals surface area contributed by atoms with Crippen LogP contribution in [0.5, 0.6) is 0 Å². The molecule has 2 heterocycles. The van der Waals surface area contributed by atoms with Gasteiger partial charge in [-0.25, -0.2) is 4.98 Å². The van der Waals surface area contributed by atoms with Crippen LogP contribution in [-0.4, -0.2) is 25.3 Å². The lowest BCUT2D eigenvalue weighted by Gasteiger charge is -2.21. The van der Waals surface area contributed by atoms with Crippen molar-refractivity contribution in [2.24, 2.45) is 0 Å². The molecular weight excluding hydrogens is 312 g/mol. The topological polar surface area (TPSA) is 51.0 Å². The van der Waals surface area contributed by atoms with E-state index in [4.69, 9.17) is 0 Å². The zero-order chi connectivity index (χ0) is 17.6. The molecular formula is C20H22N4O. The zero-order valence-electron chi connectivity index (χ0n) is 14.6. The highest BCUT2D eigenvalue weighted by molar-refractivity contribution is 5.73. The number of hydrogen-bond donors (Lipinski definition) is 0. The Morgan fingerprint density at radius 3 is 2.68 bits per heavy atom. The summed E-state index contributed by atoms with van der Waals surface area (Å²) in [5.41, 5.74) is 3.51. The number of rotatable bonds is 6. The van der Waals surface area contributed by atoms with Gasteiger partial charge in [-0.3, -0.25) is 9.78 Å². The lowest BCUT2D eigenvalue weighted by molar-refractivity contribution is -0.130. The molecule has 0 radical (unpaired) electrons. The molecule has 0 atom stereocenters. The van der Waals surface area contributed by atoms with Gasteiger partial charge in [-0.1, -0.05) is 30.3 Å². The maximum Gasteiger partial charge on any atom is 0.220 e. The van der Waals surface area contributed by atoms with Gasteiger partial charge in [-0.05, 0) is 29.7 Å². The summed E-state index contributed by atoms with van der Waals surface area (Å²) in [5.74, 6) is 0.900. The Morgan fingerprint density at radius 1 is 1.12 bits per heavy atom. The number of aryl methyl sites for hydroxylation is 1. The van der Waals surface area contributed by atoms with E-state index >= 15 is 0 Å². The quantitative estimate of drug-likeness (QED) is 0.696. The number of carbonyl (C=O) groups excluding carboxylic acids is 1. The lowest BCUT2D eigenvalue weighted by Crippen LogP contribution is -2.29. The van der Waals surface area contributed by atoms with E-state index < -0.39 is 0 Å². The molecule has 2 aromatic heterocycles. The van der Waals surface area contributed by atoms with Gasteiger partial charge >= 0.3 is 0 Å². The van der Waals surface area contributed by atoms with E-state index in [1.807, 2.05) is 30.5 Å². The second-order valence-corrected chi connectivity index (χ2v) is 6.13. The number of amides is 1. The highest BCUT2D eigenvalue weighted by Crippen LogP contribution is 2.13. The van der Waals surface area contributed by atoms with Crippen LogP contribution in [-0.2, 0) is 24.4 Å². The molecule has 25 heavy (non-hydrogen) atoms. The highest BCUT2D eigenvalue weighted by atomic mass is 16.2. The molecule has 5 nitrogen and oxygen atoms in total. The van der Waals surface area contributed by atoms with Gasteiger partial charge in [0.2, 0.25) is 5.91 Å². The first-order valence-corrected chi connectivity index (χ1v) is 8.32. The fraction of sp³-hybridized carbons (Fsp3) is 0.250. The maximum atomic E-state index is 12.1. The van der Waals surface area contributed by atoms with Crippen molar-refractivity contribution in [3.05, 3.63) is 83.7 Å². The van der Waals surface area contributed by atoms with Crippen LogP contribution in [0.15, 0.2) is 61.2 Å². The summed E-state index contributed by atoms with van der Waals surface area (Å²) in [6, 6.07) is 12.2. The molecule has 3 aromatic rings. The minimum Gasteiger partial charge on any atom is -0.331 e. The maximum absolute atomic E-state index is 12.1. The first-order chi connectivity index (χ1) is 12.1. The van der Waals surface area contributed by atoms with E-state index in [0.29, 0.717) is 13.1 Å². The largest absolute Gasteiger partial charge is 0.331 e. The molecule has 0 spiro atoms. The predicted molar refractivity (Wildman–Crippen MR) is 96.7 cm³/mol. The number of benzene rings is 1. The van der Waals surface area contributed by atoms with E-state index in [2.05, 4.69) is 33.6 Å². The molecule has 1 aromatic carbocycles. The van der Waals surface area contributed by atoms with Gasteiger partial charge in [0.1, 0.15) is 5.82 Å². The molecule has 0 fully saturated rings. The van der Waals surface area contributed by atoms with E-state index in [1.165, 1.54) is 11.1 Å². The fourth-order valence-electron chi connectivity index (χ4n) is 2.77. The molecule has 5 heteroatoms. The smallest absolute Gasteiger partial charge is 0.220 e. The molecule has 0 bridgehead atoms. The standard InChI is InChI=1S/C20H22N4O/c1-16-6-3-4-8-19(16)14-23-11-10-22-20(23)15-24(17(2)25)13-18-7-5-9-21-12-18/h3-12H,13-15H2,1-2H3. The monoisotopic (exact) mass is 334 g/mol. The van der Waals surface area contributed by atoms with Crippen LogP contribution in [0.1, 0.15) is 29.4 Å². The molecule has 128 valence electrons. The number of pyridine rings is 1. The normalized spacial score (nSPS) is 10.6. The molecule has 0 aliphatic heterocycles. The lowest BCUT2D eigenvalue weighted by atomic mass is 10.1. The van der Waals surface area contributed by atoms with Crippen molar-refractivity contribution >= 4 is 5.91 Å². The molecule has 0 saturated carbocycles. The minimum atomic E-state index is 0.0225. The Balaban J connectivity index is 1.76. The first kappa shape index (κ1) is 16.9. The number of aromatic nitrogens is 3. The van der Waals surface area contributed by atoms with Gasteiger partial charge in [0, 0.05) is 44.8 Å². The van der Waals surface area contributed by atoms with Crippen molar-refractivity contribution in [1.82, 2.24) is 19.4 Å². The summed E-state index contributed by atoms with van der Waals surface area (Å²) in [4.78, 5) is 22.4. The summed E-state index contributed by atoms with van der Waals surface area (Å²) in [5, 5.41) is 0. The zero-order valence-corrected chi connectivity index (χ0v) is 14.6. The summed E-state index contributed by atoms with van der Waals surface area (Å²) in [6.45, 7) is 5.45. The van der Waals surface area contributed by atoms with Gasteiger partial charge in [0.25, 0.3) is 0 Å². The fourth-order valence-corrected chi connectivity index (χ4v) is 2.77. The van der Waals surface area contributed by atoms with Crippen molar-refractivity contribution in [2.75, 3.05) is 0 Å². The number of carbonyl (C=O) groups is 1. The third kappa shape index (κ3) is 4.32. The predicted octanol–water partition coefficient (Wildman–Crippen LogP) is 3.18. The Labute approximate surface area is 148 Å². The van der Waals surface area contributed by atoms with Crippen molar-refractivity contribution in [3.8, 4) is 0 Å². The van der Waals surface area contributed by atoms with Crippen LogP contribution >= 0.6 is 0 Å². The third-order valence-electron chi connectivity index (χ3n) is 4.28. The van der Waals surface area contributed by atoms with Gasteiger partial charge < -0.3 is 9.47 Å². The van der Waals surface area contributed by atoms with E-state index in [1.54, 1.807) is 30.4 Å². The second-order valence-electron chi connectivity index (χ2n) is 6.13. The third-order valence-corrected chi connectivity index (χ3v) is 4.28. The number of nitrogens with zero attached hydrogens (tertiary/aromatic N) is 4. The minimum absolute atomic E-state index is 0.0225. The van der Waals surface area contributed by atoms with Gasteiger partial charge in [0.15, 0.2) is 0 Å². The van der Waals surface area contributed by atoms with Crippen molar-refractivity contribution in [2.45, 2.75) is 33.5 Å². The van der Waals surface area contributed by atoms with Crippen LogP contribution in [0.2, 0.25) is 0 Å². The van der Waals surface area contributed by atoms with Crippen molar-refractivity contribution in [3.63, 3.8) is 0 Å². The van der Waals surface area contributed by atoms with E-state index in [0.717, 1.165) is 17.9 Å². The van der Waals surface area contributed by atoms with Crippen molar-refractivity contribution in [1.29, 1.82) is 0 Å². The highest BCUT2D eigenvalue weighted by Gasteiger charge is 2.14. The number of hydrogen-bond acceptors (Lipinski definition) is 3. The summed E-state index contributed by atoms with van der Waals surface area (Å²) < 4.78 is 2.10. The van der Waals surface area contributed by atoms with Crippen LogP contribution in [0.4, 0.5) is 0 Å². The molecule has 0 N–H and O–H groups in total. The van der Waals surface area contributed by atoms with Crippen LogP contribution < -0.4 is 0 Å². The summed E-state index contributed by atoms with van der Waals surface area (Å²) in [6.07, 6.45) is 7.27. The Morgan fingerprint density at radius 2 is 1.96 bits per heavy atom. The van der Waals surface area contributed by atoms with Crippen LogP contribution in [0, 0.1) is 6.92 Å². The van der Waals surface area contributed by atoms with Crippen LogP contribution in [0.25, 0.3) is 0 Å². The van der Waals surface area contributed by atoms with Crippen LogP contribution in [0.3, 0.4) is 0 Å². The van der Waals surface area contributed by atoms with E-state index in [9.17, 15) is 4.79 Å². The average Bonchev–Trinajstić information content (AvgIpc) is 3.04. The Kier molecular flexibility index (Phi) is 5.23. The molecule has 0 saturated heterocycles. The molecule has 0 aliphatic rings. The second kappa shape index (κ2) is 7.75. The molecule has 0 aliphatic carbocycles. The van der Waals surface area contributed by atoms with Gasteiger partial charge in [-0.15, -0.1) is 0 Å². The van der Waals surface area contributed by atoms with Gasteiger partial charge in [0.05, 0.1) is 6.54 Å². The van der Waals surface area contributed by atoms with Crippen molar-refractivity contribution < 1.29 is 4.79 Å². The Hall–Kier alpha value is -2.95. The number of imidazole rings is 1. The summed E-state index contributed by atoms with van der Waals surface area (Å²) >= 11 is 0. The SMILES string of the molecule is CC(=O)N(Cc1cccnc1)Cc1nccn1Cc1ccccc1C. The first-order valence-electron chi connectivity index (χ1n) is 8.32. The van der Waals surface area contributed by atoms with Gasteiger partial charge in [-0.2, -0.15) is 0 Å². The molecule has 0 unspecified atom stereocenters. The molecule has 1 amide bonds. The van der Waals surface area contributed by atoms with E-state index in [-0.39, 0.29) is 5.91 Å². The average molecular weight is 334 g/mol.